The van der Waals surface area contributed by atoms with E-state index < -0.39 is 6.17 Å². The molecule has 4 rings (SSSR count). The third kappa shape index (κ3) is 2.89. The molecule has 3 heterocycles. The van der Waals surface area contributed by atoms with Crippen molar-refractivity contribution in [3.63, 3.8) is 0 Å². The van der Waals surface area contributed by atoms with Gasteiger partial charge in [0.15, 0.2) is 0 Å². The van der Waals surface area contributed by atoms with Crippen LogP contribution in [0.4, 0.5) is 10.2 Å². The first-order valence-electron chi connectivity index (χ1n) is 8.88. The maximum atomic E-state index is 14.3. The number of hydrogen-bond donors (Lipinski definition) is 3. The SMILES string of the molecule is CCc1c(-c2ccnc(N)c2)[nH]c2ccc([C@@H]3CCNC[C@@H]3F)cc12. The summed E-state index contributed by atoms with van der Waals surface area (Å²) in [5.41, 5.74) is 11.4. The first-order valence-corrected chi connectivity index (χ1v) is 8.88. The Kier molecular flexibility index (Phi) is 4.17. The van der Waals surface area contributed by atoms with Crippen molar-refractivity contribution in [2.75, 3.05) is 18.8 Å². The number of rotatable bonds is 3. The van der Waals surface area contributed by atoms with Crippen molar-refractivity contribution in [1.29, 1.82) is 0 Å². The number of anilines is 1. The van der Waals surface area contributed by atoms with Gasteiger partial charge in [0.2, 0.25) is 0 Å². The predicted molar refractivity (Wildman–Crippen MR) is 100 cm³/mol. The number of H-pyrrole nitrogens is 1. The summed E-state index contributed by atoms with van der Waals surface area (Å²) in [6.07, 6.45) is 2.64. The molecule has 0 amide bonds. The summed E-state index contributed by atoms with van der Waals surface area (Å²) in [6.45, 7) is 3.46. The lowest BCUT2D eigenvalue weighted by Crippen LogP contribution is -2.36. The Bertz CT molecular complexity index is 902. The van der Waals surface area contributed by atoms with E-state index in [1.165, 1.54) is 10.9 Å². The van der Waals surface area contributed by atoms with Gasteiger partial charge in [0.1, 0.15) is 12.0 Å². The third-order valence-corrected chi connectivity index (χ3v) is 5.19. The average molecular weight is 338 g/mol. The number of nitrogen functional groups attached to an aromatic ring is 1. The van der Waals surface area contributed by atoms with E-state index in [0.717, 1.165) is 41.7 Å². The van der Waals surface area contributed by atoms with Crippen LogP contribution in [0.5, 0.6) is 0 Å². The van der Waals surface area contributed by atoms with Crippen LogP contribution in [-0.4, -0.2) is 29.2 Å². The molecule has 1 aromatic carbocycles. The smallest absolute Gasteiger partial charge is 0.123 e. The van der Waals surface area contributed by atoms with Gasteiger partial charge in [0.05, 0.1) is 0 Å². The fourth-order valence-corrected chi connectivity index (χ4v) is 3.91. The zero-order valence-corrected chi connectivity index (χ0v) is 14.3. The van der Waals surface area contributed by atoms with E-state index in [0.29, 0.717) is 12.4 Å². The van der Waals surface area contributed by atoms with Crippen molar-refractivity contribution in [3.8, 4) is 11.3 Å². The number of piperidine rings is 1. The fourth-order valence-electron chi connectivity index (χ4n) is 3.91. The summed E-state index contributed by atoms with van der Waals surface area (Å²) in [5, 5.41) is 4.30. The molecular formula is C20H23FN4. The quantitative estimate of drug-likeness (QED) is 0.681. The van der Waals surface area contributed by atoms with E-state index in [-0.39, 0.29) is 5.92 Å². The number of fused-ring (bicyclic) bond motifs is 1. The highest BCUT2D eigenvalue weighted by molar-refractivity contribution is 5.91. The second-order valence-corrected chi connectivity index (χ2v) is 6.72. The molecule has 25 heavy (non-hydrogen) atoms. The Morgan fingerprint density at radius 2 is 2.16 bits per heavy atom. The van der Waals surface area contributed by atoms with Gasteiger partial charge in [-0.25, -0.2) is 9.37 Å². The molecule has 1 saturated heterocycles. The minimum atomic E-state index is -0.824. The highest BCUT2D eigenvalue weighted by atomic mass is 19.1. The standard InChI is InChI=1S/C20H23FN4/c1-2-14-16-9-12(15-6-7-23-11-17(15)21)3-4-18(16)25-20(14)13-5-8-24-19(22)10-13/h3-5,8-10,15,17,23,25H,2,6-7,11H2,1H3,(H2,22,24)/t15-,17-/m0/s1. The molecule has 0 radical (unpaired) electrons. The fraction of sp³-hybridized carbons (Fsp3) is 0.350. The molecule has 1 aliphatic heterocycles. The van der Waals surface area contributed by atoms with Crippen molar-refractivity contribution in [1.82, 2.24) is 15.3 Å². The van der Waals surface area contributed by atoms with E-state index >= 15 is 0 Å². The zero-order valence-electron chi connectivity index (χ0n) is 14.3. The molecular weight excluding hydrogens is 315 g/mol. The van der Waals surface area contributed by atoms with Crippen LogP contribution in [0.25, 0.3) is 22.2 Å². The molecule has 5 heteroatoms. The minimum absolute atomic E-state index is 0.0229. The molecule has 1 fully saturated rings. The number of aromatic nitrogens is 2. The minimum Gasteiger partial charge on any atom is -0.384 e. The lowest BCUT2D eigenvalue weighted by Gasteiger charge is -2.27. The van der Waals surface area contributed by atoms with Gasteiger partial charge in [-0.05, 0) is 54.8 Å². The molecule has 2 aromatic heterocycles. The normalized spacial score (nSPS) is 20.9. The summed E-state index contributed by atoms with van der Waals surface area (Å²) in [4.78, 5) is 7.59. The van der Waals surface area contributed by atoms with Crippen LogP contribution < -0.4 is 11.1 Å². The monoisotopic (exact) mass is 338 g/mol. The van der Waals surface area contributed by atoms with Gasteiger partial charge in [-0.15, -0.1) is 0 Å². The van der Waals surface area contributed by atoms with E-state index in [2.05, 4.69) is 40.4 Å². The molecule has 0 unspecified atom stereocenters. The number of hydrogen-bond acceptors (Lipinski definition) is 3. The van der Waals surface area contributed by atoms with Crippen molar-refractivity contribution in [2.24, 2.45) is 0 Å². The Labute approximate surface area is 146 Å². The van der Waals surface area contributed by atoms with Crippen molar-refractivity contribution in [3.05, 3.63) is 47.7 Å². The van der Waals surface area contributed by atoms with E-state index in [1.54, 1.807) is 6.20 Å². The Morgan fingerprint density at radius 1 is 1.28 bits per heavy atom. The number of nitrogens with one attached hydrogen (secondary N) is 2. The van der Waals surface area contributed by atoms with Gasteiger partial charge in [-0.2, -0.15) is 0 Å². The second kappa shape index (κ2) is 6.48. The Morgan fingerprint density at radius 3 is 2.92 bits per heavy atom. The Hall–Kier alpha value is -2.40. The molecule has 0 bridgehead atoms. The molecule has 0 saturated carbocycles. The number of benzene rings is 1. The molecule has 4 nitrogen and oxygen atoms in total. The largest absolute Gasteiger partial charge is 0.384 e. The number of aryl methyl sites for hydroxylation is 1. The number of nitrogens with zero attached hydrogens (tertiary/aromatic N) is 1. The second-order valence-electron chi connectivity index (χ2n) is 6.72. The lowest BCUT2D eigenvalue weighted by atomic mass is 9.87. The number of halogens is 1. The lowest BCUT2D eigenvalue weighted by molar-refractivity contribution is 0.231. The molecule has 130 valence electrons. The highest BCUT2D eigenvalue weighted by Gasteiger charge is 2.26. The van der Waals surface area contributed by atoms with Crippen LogP contribution in [0.15, 0.2) is 36.5 Å². The van der Waals surface area contributed by atoms with Crippen LogP contribution in [0.3, 0.4) is 0 Å². The van der Waals surface area contributed by atoms with Gasteiger partial charge >= 0.3 is 0 Å². The molecule has 1 aliphatic rings. The van der Waals surface area contributed by atoms with Gasteiger partial charge in [0, 0.05) is 40.8 Å². The van der Waals surface area contributed by atoms with Crippen LogP contribution in [0.2, 0.25) is 0 Å². The number of pyridine rings is 1. The van der Waals surface area contributed by atoms with E-state index in [9.17, 15) is 4.39 Å². The first-order chi connectivity index (χ1) is 12.2. The van der Waals surface area contributed by atoms with Crippen molar-refractivity contribution < 1.29 is 4.39 Å². The molecule has 2 atom stereocenters. The summed E-state index contributed by atoms with van der Waals surface area (Å²) in [5.74, 6) is 0.485. The summed E-state index contributed by atoms with van der Waals surface area (Å²) in [6, 6.07) is 10.2. The summed E-state index contributed by atoms with van der Waals surface area (Å²) < 4.78 is 14.3. The third-order valence-electron chi connectivity index (χ3n) is 5.19. The Balaban J connectivity index is 1.82. The zero-order chi connectivity index (χ0) is 17.4. The summed E-state index contributed by atoms with van der Waals surface area (Å²) >= 11 is 0. The van der Waals surface area contributed by atoms with Gasteiger partial charge in [-0.3, -0.25) is 0 Å². The predicted octanol–water partition coefficient (Wildman–Crippen LogP) is 3.79. The van der Waals surface area contributed by atoms with E-state index in [1.807, 2.05) is 12.1 Å². The van der Waals surface area contributed by atoms with Crippen molar-refractivity contribution in [2.45, 2.75) is 31.9 Å². The number of aromatic amines is 1. The van der Waals surface area contributed by atoms with Crippen LogP contribution in [0, 0.1) is 0 Å². The number of alkyl halides is 1. The molecule has 0 aliphatic carbocycles. The molecule has 3 aromatic rings. The molecule has 4 N–H and O–H groups in total. The van der Waals surface area contributed by atoms with Crippen molar-refractivity contribution >= 4 is 16.7 Å². The van der Waals surface area contributed by atoms with Crippen LogP contribution in [-0.2, 0) is 6.42 Å². The van der Waals surface area contributed by atoms with Crippen LogP contribution >= 0.6 is 0 Å². The summed E-state index contributed by atoms with van der Waals surface area (Å²) in [7, 11) is 0. The van der Waals surface area contributed by atoms with Gasteiger partial charge in [-0.1, -0.05) is 13.0 Å². The topological polar surface area (TPSA) is 66.7 Å². The average Bonchev–Trinajstić information content (AvgIpc) is 3.00. The van der Waals surface area contributed by atoms with E-state index in [4.69, 9.17) is 5.73 Å². The molecule has 0 spiro atoms. The van der Waals surface area contributed by atoms with Gasteiger partial charge < -0.3 is 16.0 Å². The first kappa shape index (κ1) is 16.1. The van der Waals surface area contributed by atoms with Gasteiger partial charge in [0.25, 0.3) is 0 Å². The number of nitrogens with two attached hydrogens (primary N) is 1. The maximum absolute atomic E-state index is 14.3. The van der Waals surface area contributed by atoms with Crippen LogP contribution in [0.1, 0.15) is 30.4 Å². The maximum Gasteiger partial charge on any atom is 0.123 e. The highest BCUT2D eigenvalue weighted by Crippen LogP contribution is 2.35.